The minimum atomic E-state index is -0.721. The highest BCUT2D eigenvalue weighted by atomic mass is 16.5. The van der Waals surface area contributed by atoms with E-state index < -0.39 is 55.1 Å². The topological polar surface area (TPSA) is 23.9 Å². The minimum absolute atomic E-state index is 0.00184. The minimum Gasteiger partial charge on any atom is -0.458 e. The Balaban J connectivity index is 0.867. The van der Waals surface area contributed by atoms with Gasteiger partial charge in [0.05, 0.1) is 38.8 Å². The second-order valence-electron chi connectivity index (χ2n) is 40.2. The van der Waals surface area contributed by atoms with E-state index in [1.54, 1.807) is 4.57 Å². The summed E-state index contributed by atoms with van der Waals surface area (Å²) >= 11 is 0. The van der Waals surface area contributed by atoms with E-state index in [0.29, 0.717) is 17.2 Å². The van der Waals surface area contributed by atoms with Crippen LogP contribution in [-0.4, -0.2) is 18.0 Å². The molecular formula is C117H100B2N4O. The zero-order chi connectivity index (χ0) is 91.7. The molecule has 17 aromatic rings. The van der Waals surface area contributed by atoms with E-state index in [1.165, 1.54) is 50.1 Å². The Bertz CT molecular complexity index is 7650. The number of hydrogen-bond acceptors (Lipinski definition) is 4. The third-order valence-corrected chi connectivity index (χ3v) is 27.6. The van der Waals surface area contributed by atoms with Crippen molar-refractivity contribution in [2.24, 2.45) is 0 Å². The van der Waals surface area contributed by atoms with Crippen LogP contribution in [0.25, 0.3) is 83.1 Å². The Hall–Kier alpha value is -13.4. The SMILES string of the molecule is [2H]c1c([2H])c([2H])c2c(c1[2H])c1c([2H])c([2H])c([2H])c([2H])c1n2-c1cc2c3c(c1)N(c1cc(C(C)(C)C)cc(C(C)(C)C)c1)c1cc4c(cc1B3c1ccccc1N2c1cc(C(C)(C)C)cc(C(C)(C)C)c1)B1c2ccccc2N(c2c(-c3ccccc3)cc(C(C)(C)C)cc2-c2ccccc2)c2cc(-c3cccc5c3C3(c6ccccc6-c6ccccc63)c3ccccc3-5)cc(c21)O4. The lowest BCUT2D eigenvalue weighted by Crippen LogP contribution is -2.64. The van der Waals surface area contributed by atoms with Gasteiger partial charge in [-0.15, -0.1) is 0 Å². The maximum atomic E-state index is 10.2. The molecule has 0 saturated carbocycles. The predicted molar refractivity (Wildman–Crippen MR) is 527 cm³/mol. The molecule has 0 unspecified atom stereocenters. The molecule has 1 spiro atoms. The van der Waals surface area contributed by atoms with Crippen LogP contribution < -0.4 is 52.2 Å². The number of para-hydroxylation sites is 4. The summed E-state index contributed by atoms with van der Waals surface area (Å²) in [6, 6.07) is 103. The summed E-state index contributed by atoms with van der Waals surface area (Å²) in [5.74, 6) is 1.38. The molecule has 5 nitrogen and oxygen atoms in total. The third-order valence-electron chi connectivity index (χ3n) is 27.6. The number of rotatable bonds is 7. The summed E-state index contributed by atoms with van der Waals surface area (Å²) in [5.41, 5.74) is 34.4. The van der Waals surface area contributed by atoms with Crippen molar-refractivity contribution >= 4 is 119 Å². The highest BCUT2D eigenvalue weighted by Crippen LogP contribution is 2.66. The van der Waals surface area contributed by atoms with Gasteiger partial charge in [-0.3, -0.25) is 0 Å². The van der Waals surface area contributed by atoms with Gasteiger partial charge < -0.3 is 24.0 Å². The molecule has 7 heteroatoms. The number of anilines is 9. The standard InChI is InChI=1S/C117H100B2N4O/c1-112(2,3)74-59-75(113(4,5)6)62-79(61-74)121-100-55-34-30-51-94(100)118-96-69-97-106(70-102(96)122(80-63-76(114(7,8)9)60-77(64-80)115(10,11)12)105-68-81(67-104(121)109(105)118)120-98-53-32-25-44-86(98)87-45-26-33-54-99(87)120)124-107-58-73(82-46-36-47-88-85-43-24-29-50-93(85)117(108(82)88)91-48-27-22-41-83(91)84-42-23-28-49-92(84)117)57-103-110(107)119(97)95-52-31-35-56-101(95)123(103)111-89(71-37-18-16-19-38-71)65-78(116(13,14)15)66-90(111)72-39-20-17-21-40-72/h16-70H,1-15H3/i25D,26D,32D,33D,44D,45D,53D,54D. The van der Waals surface area contributed by atoms with Crippen molar-refractivity contribution in [1.82, 2.24) is 4.57 Å². The van der Waals surface area contributed by atoms with Crippen LogP contribution >= 0.6 is 0 Å². The van der Waals surface area contributed by atoms with E-state index in [2.05, 4.69) is 404 Å². The van der Waals surface area contributed by atoms with E-state index in [-0.39, 0.29) is 61.0 Å². The lowest BCUT2D eigenvalue weighted by Gasteiger charge is -2.46. The van der Waals surface area contributed by atoms with Crippen LogP contribution in [0, 0.1) is 0 Å². The lowest BCUT2D eigenvalue weighted by molar-refractivity contribution is 0.488. The zero-order valence-electron chi connectivity index (χ0n) is 81.0. The number of benzene rings is 16. The fourth-order valence-corrected chi connectivity index (χ4v) is 21.5. The molecule has 0 saturated heterocycles. The monoisotopic (exact) mass is 1610 g/mol. The molecule has 0 bridgehead atoms. The fourth-order valence-electron chi connectivity index (χ4n) is 21.5. The number of ether oxygens (including phenoxy) is 1. The molecular weight excluding hydrogens is 1500 g/mol. The van der Waals surface area contributed by atoms with Crippen LogP contribution in [0.5, 0.6) is 11.5 Å². The molecule has 4 aliphatic heterocycles. The first-order valence-electron chi connectivity index (χ1n) is 47.9. The number of hydrogen-bond donors (Lipinski definition) is 0. The highest BCUT2D eigenvalue weighted by Gasteiger charge is 2.54. The van der Waals surface area contributed by atoms with Gasteiger partial charge in [0.15, 0.2) is 0 Å². The van der Waals surface area contributed by atoms with Crippen molar-refractivity contribution in [1.29, 1.82) is 0 Å². The van der Waals surface area contributed by atoms with Crippen molar-refractivity contribution in [2.45, 2.75) is 136 Å². The summed E-state index contributed by atoms with van der Waals surface area (Å²) in [6.07, 6.45) is 0. The first-order valence-corrected chi connectivity index (χ1v) is 43.9. The molecule has 0 radical (unpaired) electrons. The van der Waals surface area contributed by atoms with Gasteiger partial charge in [0, 0.05) is 73.5 Å². The summed E-state index contributed by atoms with van der Waals surface area (Å²) in [4.78, 5) is 7.42. The van der Waals surface area contributed by atoms with E-state index in [9.17, 15) is 11.0 Å². The maximum Gasteiger partial charge on any atom is 0.256 e. The molecule has 16 aromatic carbocycles. The molecule has 124 heavy (non-hydrogen) atoms. The van der Waals surface area contributed by atoms with Crippen LogP contribution in [0.4, 0.5) is 51.2 Å². The number of aromatic nitrogens is 1. The van der Waals surface area contributed by atoms with Gasteiger partial charge in [-0.05, 0) is 239 Å². The average molecular weight is 1610 g/mol. The summed E-state index contributed by atoms with van der Waals surface area (Å²) in [6.45, 7) is 33.2. The Morgan fingerprint density at radius 1 is 0.282 bits per heavy atom. The highest BCUT2D eigenvalue weighted by molar-refractivity contribution is 7.02. The van der Waals surface area contributed by atoms with Gasteiger partial charge in [-0.2, -0.15) is 0 Å². The molecule has 600 valence electrons. The Morgan fingerprint density at radius 2 is 0.685 bits per heavy atom. The quantitative estimate of drug-likeness (QED) is 0.148. The normalized spacial score (nSPS) is 15.2. The van der Waals surface area contributed by atoms with Crippen molar-refractivity contribution in [2.75, 3.05) is 14.7 Å². The lowest BCUT2D eigenvalue weighted by atomic mass is 9.30. The molecule has 1 aromatic heterocycles. The molecule has 0 fully saturated rings. The molecule has 5 heterocycles. The Labute approximate surface area is 742 Å². The van der Waals surface area contributed by atoms with Crippen molar-refractivity contribution < 1.29 is 15.7 Å². The smallest absolute Gasteiger partial charge is 0.256 e. The van der Waals surface area contributed by atoms with Gasteiger partial charge in [0.25, 0.3) is 13.4 Å². The Kier molecular flexibility index (Phi) is 14.6. The first kappa shape index (κ1) is 67.2. The maximum absolute atomic E-state index is 10.2. The predicted octanol–water partition coefficient (Wildman–Crippen LogP) is 27.1. The van der Waals surface area contributed by atoms with Crippen LogP contribution in [0.3, 0.4) is 0 Å². The Morgan fingerprint density at radius 3 is 1.19 bits per heavy atom. The van der Waals surface area contributed by atoms with Crippen LogP contribution in [0.2, 0.25) is 0 Å². The van der Waals surface area contributed by atoms with Crippen LogP contribution in [-0.2, 0) is 32.5 Å². The van der Waals surface area contributed by atoms with Gasteiger partial charge in [-0.1, -0.05) is 346 Å². The zero-order valence-corrected chi connectivity index (χ0v) is 73.0. The molecule has 2 aliphatic carbocycles. The van der Waals surface area contributed by atoms with E-state index in [0.717, 1.165) is 140 Å². The van der Waals surface area contributed by atoms with Gasteiger partial charge >= 0.3 is 0 Å². The summed E-state index contributed by atoms with van der Waals surface area (Å²) in [7, 11) is 0. The average Bonchev–Trinajstić information content (AvgIpc) is 1.46. The van der Waals surface area contributed by atoms with Gasteiger partial charge in [-0.25, -0.2) is 0 Å². The van der Waals surface area contributed by atoms with E-state index in [4.69, 9.17) is 4.74 Å². The second kappa shape index (κ2) is 26.8. The molecule has 0 atom stereocenters. The largest absolute Gasteiger partial charge is 0.458 e. The summed E-state index contributed by atoms with van der Waals surface area (Å²) < 4.78 is 87.7. The van der Waals surface area contributed by atoms with Crippen molar-refractivity contribution in [3.05, 3.63) is 384 Å². The van der Waals surface area contributed by atoms with Crippen LogP contribution in [0.15, 0.2) is 333 Å². The third kappa shape index (κ3) is 11.2. The van der Waals surface area contributed by atoms with E-state index >= 15 is 0 Å². The first-order chi connectivity index (χ1) is 63.0. The molecule has 23 rings (SSSR count). The fraction of sp³-hybridized carbons (Fsp3) is 0.179. The molecule has 0 amide bonds. The number of nitrogens with zero attached hydrogens (tertiary/aromatic N) is 4. The summed E-state index contributed by atoms with van der Waals surface area (Å²) in [5, 5.41) is 0.00367. The molecule has 0 N–H and O–H groups in total. The number of fused-ring (bicyclic) bond motifs is 21. The van der Waals surface area contributed by atoms with Crippen molar-refractivity contribution in [3.63, 3.8) is 0 Å². The van der Waals surface area contributed by atoms with E-state index in [1.807, 2.05) is 0 Å². The van der Waals surface area contributed by atoms with Gasteiger partial charge in [0.1, 0.15) is 11.5 Å². The van der Waals surface area contributed by atoms with Gasteiger partial charge in [0.2, 0.25) is 0 Å². The van der Waals surface area contributed by atoms with Crippen LogP contribution in [0.1, 0.15) is 165 Å². The second-order valence-corrected chi connectivity index (χ2v) is 40.2. The van der Waals surface area contributed by atoms with Crippen molar-refractivity contribution in [3.8, 4) is 72.8 Å². The molecule has 6 aliphatic rings.